The van der Waals surface area contributed by atoms with Crippen molar-refractivity contribution in [2.75, 3.05) is 6.61 Å². The maximum atomic E-state index is 11.8. The van der Waals surface area contributed by atoms with Crippen LogP contribution in [0, 0.1) is 0 Å². The van der Waals surface area contributed by atoms with Gasteiger partial charge in [0.25, 0.3) is 11.8 Å². The van der Waals surface area contributed by atoms with Crippen molar-refractivity contribution >= 4 is 28.9 Å². The lowest BCUT2D eigenvalue weighted by atomic mass is 10.1. The smallest absolute Gasteiger partial charge is 0.281 e. The molecule has 0 spiro atoms. The van der Waals surface area contributed by atoms with Crippen LogP contribution in [0.15, 0.2) is 46.9 Å². The Balaban J connectivity index is 2.11. The standard InChI is InChI=1S/C15H15N3O3S/c1-10(17-18-15(20)13-7-4-8-22-13)11-5-2-3-6-12(11)21-9-14(16)19/h2-8H,9H2,1H3,(H2,16,19)(H,18,20)/b17-10-. The molecule has 0 radical (unpaired) electrons. The summed E-state index contributed by atoms with van der Waals surface area (Å²) in [5, 5.41) is 5.88. The van der Waals surface area contributed by atoms with Gasteiger partial charge in [-0.05, 0) is 30.5 Å². The fourth-order valence-corrected chi connectivity index (χ4v) is 2.31. The second kappa shape index (κ2) is 7.37. The Morgan fingerprint density at radius 3 is 2.73 bits per heavy atom. The summed E-state index contributed by atoms with van der Waals surface area (Å²) in [5.74, 6) is -0.354. The van der Waals surface area contributed by atoms with Crippen molar-refractivity contribution < 1.29 is 14.3 Å². The van der Waals surface area contributed by atoms with Crippen LogP contribution in [0.5, 0.6) is 5.75 Å². The van der Waals surface area contributed by atoms with E-state index < -0.39 is 5.91 Å². The highest BCUT2D eigenvalue weighted by Gasteiger charge is 2.09. The van der Waals surface area contributed by atoms with Crippen LogP contribution < -0.4 is 15.9 Å². The average molecular weight is 317 g/mol. The van der Waals surface area contributed by atoms with Gasteiger partial charge in [0.1, 0.15) is 5.75 Å². The molecular weight excluding hydrogens is 302 g/mol. The third-order valence-corrected chi connectivity index (χ3v) is 3.59. The number of benzene rings is 1. The topological polar surface area (TPSA) is 93.8 Å². The summed E-state index contributed by atoms with van der Waals surface area (Å²) in [6.45, 7) is 1.52. The van der Waals surface area contributed by atoms with Gasteiger partial charge in [-0.1, -0.05) is 18.2 Å². The molecular formula is C15H15N3O3S. The zero-order valence-corrected chi connectivity index (χ0v) is 12.7. The number of carbonyl (C=O) groups is 2. The number of nitrogens with two attached hydrogens (primary N) is 1. The third-order valence-electron chi connectivity index (χ3n) is 2.72. The second-order valence-electron chi connectivity index (χ2n) is 4.37. The molecule has 0 saturated heterocycles. The van der Waals surface area contributed by atoms with Gasteiger partial charge in [0.05, 0.1) is 10.6 Å². The predicted octanol–water partition coefficient (Wildman–Crippen LogP) is 1.77. The number of hydrogen-bond acceptors (Lipinski definition) is 5. The van der Waals surface area contributed by atoms with Gasteiger partial charge in [0, 0.05) is 5.56 Å². The number of amides is 2. The van der Waals surface area contributed by atoms with Crippen molar-refractivity contribution in [1.82, 2.24) is 5.43 Å². The number of para-hydroxylation sites is 1. The van der Waals surface area contributed by atoms with Gasteiger partial charge in [0.2, 0.25) is 0 Å². The van der Waals surface area contributed by atoms with Crippen LogP contribution in [0.1, 0.15) is 22.2 Å². The Hall–Kier alpha value is -2.67. The molecule has 0 atom stereocenters. The Bertz CT molecular complexity index is 696. The Labute approximate surface area is 131 Å². The number of ether oxygens (including phenoxy) is 1. The lowest BCUT2D eigenvalue weighted by Crippen LogP contribution is -2.21. The van der Waals surface area contributed by atoms with Gasteiger partial charge in [-0.25, -0.2) is 5.43 Å². The molecule has 0 unspecified atom stereocenters. The van der Waals surface area contributed by atoms with E-state index in [9.17, 15) is 9.59 Å². The van der Waals surface area contributed by atoms with Crippen LogP contribution in [0.3, 0.4) is 0 Å². The number of rotatable bonds is 6. The molecule has 0 fully saturated rings. The van der Waals surface area contributed by atoms with Crippen molar-refractivity contribution in [2.24, 2.45) is 10.8 Å². The minimum absolute atomic E-state index is 0.216. The molecule has 2 amide bonds. The maximum absolute atomic E-state index is 11.8. The van der Waals surface area contributed by atoms with E-state index in [1.165, 1.54) is 11.3 Å². The Morgan fingerprint density at radius 2 is 2.05 bits per heavy atom. The van der Waals surface area contributed by atoms with E-state index in [4.69, 9.17) is 10.5 Å². The molecule has 1 heterocycles. The van der Waals surface area contributed by atoms with E-state index in [1.54, 1.807) is 37.3 Å². The van der Waals surface area contributed by atoms with E-state index in [1.807, 2.05) is 11.4 Å². The quantitative estimate of drug-likeness (QED) is 0.628. The molecule has 0 saturated carbocycles. The summed E-state index contributed by atoms with van der Waals surface area (Å²) in [4.78, 5) is 23.2. The average Bonchev–Trinajstić information content (AvgIpc) is 3.05. The van der Waals surface area contributed by atoms with Gasteiger partial charge in [-0.3, -0.25) is 9.59 Å². The van der Waals surface area contributed by atoms with Crippen molar-refractivity contribution in [1.29, 1.82) is 0 Å². The number of nitrogens with one attached hydrogen (secondary N) is 1. The zero-order chi connectivity index (χ0) is 15.9. The third kappa shape index (κ3) is 4.16. The summed E-state index contributed by atoms with van der Waals surface area (Å²) >= 11 is 1.34. The highest BCUT2D eigenvalue weighted by atomic mass is 32.1. The fourth-order valence-electron chi connectivity index (χ4n) is 1.70. The van der Waals surface area contributed by atoms with E-state index in [-0.39, 0.29) is 12.5 Å². The van der Waals surface area contributed by atoms with E-state index >= 15 is 0 Å². The number of hydrazone groups is 1. The number of hydrogen-bond donors (Lipinski definition) is 2. The first-order valence-corrected chi connectivity index (χ1v) is 7.34. The van der Waals surface area contributed by atoms with Gasteiger partial charge in [-0.2, -0.15) is 5.10 Å². The molecule has 114 valence electrons. The van der Waals surface area contributed by atoms with Crippen molar-refractivity contribution in [2.45, 2.75) is 6.92 Å². The lowest BCUT2D eigenvalue weighted by Gasteiger charge is -2.09. The van der Waals surface area contributed by atoms with E-state index in [2.05, 4.69) is 10.5 Å². The van der Waals surface area contributed by atoms with E-state index in [0.29, 0.717) is 21.9 Å². The zero-order valence-electron chi connectivity index (χ0n) is 11.9. The van der Waals surface area contributed by atoms with Crippen LogP contribution in [0.2, 0.25) is 0 Å². The summed E-state index contributed by atoms with van der Waals surface area (Å²) in [6, 6.07) is 10.6. The number of thiophene rings is 1. The summed E-state index contributed by atoms with van der Waals surface area (Å²) in [7, 11) is 0. The Kier molecular flexibility index (Phi) is 5.26. The second-order valence-corrected chi connectivity index (χ2v) is 5.31. The van der Waals surface area contributed by atoms with Crippen LogP contribution in [0.25, 0.3) is 0 Å². The molecule has 22 heavy (non-hydrogen) atoms. The van der Waals surface area contributed by atoms with Crippen LogP contribution >= 0.6 is 11.3 Å². The number of primary amides is 1. The minimum Gasteiger partial charge on any atom is -0.483 e. The largest absolute Gasteiger partial charge is 0.483 e. The molecule has 7 heteroatoms. The monoisotopic (exact) mass is 317 g/mol. The first-order chi connectivity index (χ1) is 10.6. The highest BCUT2D eigenvalue weighted by molar-refractivity contribution is 7.12. The molecule has 1 aromatic carbocycles. The number of nitrogens with zero attached hydrogens (tertiary/aromatic N) is 1. The molecule has 0 aliphatic rings. The van der Waals surface area contributed by atoms with Gasteiger partial charge in [-0.15, -0.1) is 11.3 Å². The highest BCUT2D eigenvalue weighted by Crippen LogP contribution is 2.18. The van der Waals surface area contributed by atoms with Gasteiger partial charge >= 0.3 is 0 Å². The summed E-state index contributed by atoms with van der Waals surface area (Å²) in [6.07, 6.45) is 0. The molecule has 6 nitrogen and oxygen atoms in total. The first kappa shape index (κ1) is 15.7. The molecule has 0 aliphatic carbocycles. The van der Waals surface area contributed by atoms with Gasteiger partial charge < -0.3 is 10.5 Å². The van der Waals surface area contributed by atoms with E-state index in [0.717, 1.165) is 0 Å². The molecule has 0 bridgehead atoms. The lowest BCUT2D eigenvalue weighted by molar-refractivity contribution is -0.119. The molecule has 2 aromatic rings. The first-order valence-electron chi connectivity index (χ1n) is 6.46. The summed E-state index contributed by atoms with van der Waals surface area (Å²) in [5.41, 5.74) is 8.79. The number of carbonyl (C=O) groups excluding carboxylic acids is 2. The predicted molar refractivity (Wildman–Crippen MR) is 85.1 cm³/mol. The molecule has 1 aromatic heterocycles. The van der Waals surface area contributed by atoms with Crippen molar-refractivity contribution in [3.05, 3.63) is 52.2 Å². The van der Waals surface area contributed by atoms with Crippen LogP contribution in [0.4, 0.5) is 0 Å². The maximum Gasteiger partial charge on any atom is 0.281 e. The SMILES string of the molecule is C/C(=N/NC(=O)c1cccs1)c1ccccc1OCC(N)=O. The fraction of sp³-hybridized carbons (Fsp3) is 0.133. The van der Waals surface area contributed by atoms with Crippen molar-refractivity contribution in [3.63, 3.8) is 0 Å². The minimum atomic E-state index is -0.560. The molecule has 2 rings (SSSR count). The van der Waals surface area contributed by atoms with Crippen LogP contribution in [-0.4, -0.2) is 24.1 Å². The summed E-state index contributed by atoms with van der Waals surface area (Å²) < 4.78 is 5.33. The van der Waals surface area contributed by atoms with Gasteiger partial charge in [0.15, 0.2) is 6.61 Å². The molecule has 0 aliphatic heterocycles. The molecule has 3 N–H and O–H groups in total. The Morgan fingerprint density at radius 1 is 1.27 bits per heavy atom. The normalized spacial score (nSPS) is 11.0. The van der Waals surface area contributed by atoms with Crippen LogP contribution in [-0.2, 0) is 4.79 Å². The van der Waals surface area contributed by atoms with Crippen molar-refractivity contribution in [3.8, 4) is 5.75 Å².